The van der Waals surface area contributed by atoms with E-state index in [9.17, 15) is 18.0 Å². The van der Waals surface area contributed by atoms with Crippen molar-refractivity contribution in [2.45, 2.75) is 44.0 Å². The van der Waals surface area contributed by atoms with Gasteiger partial charge in [-0.3, -0.25) is 9.59 Å². The van der Waals surface area contributed by atoms with E-state index in [2.05, 4.69) is 0 Å². The number of methoxy groups -OCH3 is 1. The number of aromatic nitrogens is 1. The Labute approximate surface area is 197 Å². The number of hydrogen-bond donors (Lipinski definition) is 0. The molecule has 1 aliphatic heterocycles. The molecule has 33 heavy (non-hydrogen) atoms. The molecule has 4 rings (SSSR count). The smallest absolute Gasteiger partial charge is 0.305 e. The number of fused-ring (bicyclic) bond motifs is 2. The van der Waals surface area contributed by atoms with Crippen LogP contribution in [-0.4, -0.2) is 42.8 Å². The molecule has 0 bridgehead atoms. The lowest BCUT2D eigenvalue weighted by Crippen LogP contribution is -2.34. The summed E-state index contributed by atoms with van der Waals surface area (Å²) in [5.41, 5.74) is 2.98. The largest absolute Gasteiger partial charge is 0.469 e. The number of aryl methyl sites for hydroxylation is 1. The third-order valence-corrected chi connectivity index (χ3v) is 8.00. The maximum atomic E-state index is 13.8. The van der Waals surface area contributed by atoms with E-state index >= 15 is 0 Å². The van der Waals surface area contributed by atoms with E-state index in [1.54, 1.807) is 41.3 Å². The summed E-state index contributed by atoms with van der Waals surface area (Å²) in [5.74, 6) is -0.372. The molecular formula is C24H25ClN2O5S. The Hall–Kier alpha value is -2.84. The van der Waals surface area contributed by atoms with Crippen LogP contribution in [0.5, 0.6) is 0 Å². The normalized spacial score (nSPS) is 13.7. The first-order valence-corrected chi connectivity index (χ1v) is 12.5. The molecule has 1 aliphatic rings. The number of carbonyl (C=O) groups excluding carboxylic acids is 2. The topological polar surface area (TPSA) is 85.7 Å². The van der Waals surface area contributed by atoms with Crippen molar-refractivity contribution in [3.05, 3.63) is 64.3 Å². The van der Waals surface area contributed by atoms with Crippen molar-refractivity contribution >= 4 is 44.4 Å². The SMILES string of the molecule is COC(=O)CCCc1cc2cc(Cl)ccc2n1S(=O)(=O)c1ccc2c(c1)CN(C(C)=O)CC2. The Kier molecular flexibility index (Phi) is 6.50. The van der Waals surface area contributed by atoms with E-state index in [4.69, 9.17) is 16.3 Å². The first kappa shape index (κ1) is 23.3. The zero-order chi connectivity index (χ0) is 23.8. The molecule has 9 heteroatoms. The van der Waals surface area contributed by atoms with Gasteiger partial charge in [0.15, 0.2) is 0 Å². The molecule has 7 nitrogen and oxygen atoms in total. The van der Waals surface area contributed by atoms with Crippen molar-refractivity contribution in [3.63, 3.8) is 0 Å². The Morgan fingerprint density at radius 1 is 1.09 bits per heavy atom. The second kappa shape index (κ2) is 9.19. The Morgan fingerprint density at radius 2 is 1.88 bits per heavy atom. The van der Waals surface area contributed by atoms with Crippen molar-refractivity contribution in [1.29, 1.82) is 0 Å². The lowest BCUT2D eigenvalue weighted by atomic mass is 10.00. The highest BCUT2D eigenvalue weighted by Gasteiger charge is 2.26. The number of rotatable bonds is 6. The number of benzene rings is 2. The van der Waals surface area contributed by atoms with E-state index in [0.717, 1.165) is 11.1 Å². The maximum absolute atomic E-state index is 13.8. The fourth-order valence-corrected chi connectivity index (χ4v) is 6.06. The molecule has 0 fully saturated rings. The highest BCUT2D eigenvalue weighted by molar-refractivity contribution is 7.90. The summed E-state index contributed by atoms with van der Waals surface area (Å²) in [6, 6.07) is 12.0. The number of carbonyl (C=O) groups is 2. The second-order valence-corrected chi connectivity index (χ2v) is 10.4. The molecule has 174 valence electrons. The van der Waals surface area contributed by atoms with Crippen LogP contribution in [0.2, 0.25) is 5.02 Å². The number of amides is 1. The van der Waals surface area contributed by atoms with Gasteiger partial charge in [0.05, 0.1) is 17.5 Å². The average molecular weight is 489 g/mol. The first-order chi connectivity index (χ1) is 15.7. The molecule has 0 atom stereocenters. The maximum Gasteiger partial charge on any atom is 0.305 e. The van der Waals surface area contributed by atoms with Crippen LogP contribution < -0.4 is 0 Å². The summed E-state index contributed by atoms with van der Waals surface area (Å²) >= 11 is 6.14. The van der Waals surface area contributed by atoms with Crippen molar-refractivity contribution < 1.29 is 22.7 Å². The van der Waals surface area contributed by atoms with E-state index in [1.807, 2.05) is 6.07 Å². The van der Waals surface area contributed by atoms with Crippen LogP contribution in [0.3, 0.4) is 0 Å². The lowest BCUT2D eigenvalue weighted by Gasteiger charge is -2.28. The Morgan fingerprint density at radius 3 is 2.61 bits per heavy atom. The number of ether oxygens (including phenoxy) is 1. The summed E-state index contributed by atoms with van der Waals surface area (Å²) < 4.78 is 33.7. The number of hydrogen-bond acceptors (Lipinski definition) is 5. The molecule has 0 aliphatic carbocycles. The second-order valence-electron chi connectivity index (χ2n) is 8.16. The summed E-state index contributed by atoms with van der Waals surface area (Å²) in [4.78, 5) is 25.2. The predicted molar refractivity (Wildman–Crippen MR) is 126 cm³/mol. The molecule has 1 amide bonds. The van der Waals surface area contributed by atoms with Crippen LogP contribution in [-0.2, 0) is 43.7 Å². The van der Waals surface area contributed by atoms with Gasteiger partial charge >= 0.3 is 5.97 Å². The van der Waals surface area contributed by atoms with Crippen LogP contribution in [0.4, 0.5) is 0 Å². The van der Waals surface area contributed by atoms with Gasteiger partial charge in [-0.15, -0.1) is 0 Å². The van der Waals surface area contributed by atoms with Gasteiger partial charge in [-0.25, -0.2) is 12.4 Å². The van der Waals surface area contributed by atoms with Gasteiger partial charge in [0.2, 0.25) is 5.91 Å². The van der Waals surface area contributed by atoms with Gasteiger partial charge in [-0.1, -0.05) is 17.7 Å². The minimum atomic E-state index is -3.94. The van der Waals surface area contributed by atoms with Gasteiger partial charge in [0.25, 0.3) is 10.0 Å². The summed E-state index contributed by atoms with van der Waals surface area (Å²) in [6.07, 6.45) is 1.71. The van der Waals surface area contributed by atoms with Crippen molar-refractivity contribution in [1.82, 2.24) is 8.87 Å². The highest BCUT2D eigenvalue weighted by atomic mass is 35.5. The molecule has 0 spiro atoms. The lowest BCUT2D eigenvalue weighted by molar-refractivity contribution is -0.140. The fourth-order valence-electron chi connectivity index (χ4n) is 4.26. The zero-order valence-corrected chi connectivity index (χ0v) is 20.1. The molecule has 0 N–H and O–H groups in total. The minimum absolute atomic E-state index is 0.0323. The average Bonchev–Trinajstić information content (AvgIpc) is 3.15. The molecule has 1 aromatic heterocycles. The molecule has 0 saturated carbocycles. The van der Waals surface area contributed by atoms with Gasteiger partial charge in [0, 0.05) is 42.5 Å². The predicted octanol–water partition coefficient (Wildman–Crippen LogP) is 3.93. The molecule has 2 aromatic carbocycles. The van der Waals surface area contributed by atoms with Gasteiger partial charge < -0.3 is 9.64 Å². The standard InChI is InChI=1S/C24H25ClN2O5S/c1-16(28)26-11-10-17-6-8-22(14-19(17)15-26)33(30,31)27-21(4-3-5-24(29)32-2)13-18-12-20(25)7-9-23(18)27/h6-9,12-14H,3-5,10-11,15H2,1-2H3. The third kappa shape index (κ3) is 4.63. The molecule has 2 heterocycles. The minimum Gasteiger partial charge on any atom is -0.469 e. The Bertz CT molecular complexity index is 1350. The van der Waals surface area contributed by atoms with Crippen LogP contribution in [0.1, 0.15) is 36.6 Å². The first-order valence-electron chi connectivity index (χ1n) is 10.7. The van der Waals surface area contributed by atoms with E-state index < -0.39 is 10.0 Å². The summed E-state index contributed by atoms with van der Waals surface area (Å²) in [6.45, 7) is 2.53. The number of nitrogens with zero attached hydrogens (tertiary/aromatic N) is 2. The van der Waals surface area contributed by atoms with E-state index in [-0.39, 0.29) is 23.2 Å². The van der Waals surface area contributed by atoms with E-state index in [0.29, 0.717) is 54.0 Å². The molecular weight excluding hydrogens is 464 g/mol. The van der Waals surface area contributed by atoms with Crippen LogP contribution in [0.25, 0.3) is 10.9 Å². The van der Waals surface area contributed by atoms with Crippen molar-refractivity contribution in [3.8, 4) is 0 Å². The monoisotopic (exact) mass is 488 g/mol. The van der Waals surface area contributed by atoms with Gasteiger partial charge in [0.1, 0.15) is 0 Å². The summed E-state index contributed by atoms with van der Waals surface area (Å²) in [5, 5.41) is 1.22. The fraction of sp³-hybridized carbons (Fsp3) is 0.333. The Balaban J connectivity index is 1.77. The number of esters is 1. The van der Waals surface area contributed by atoms with Gasteiger partial charge in [-0.05, 0) is 66.8 Å². The van der Waals surface area contributed by atoms with Crippen molar-refractivity contribution in [2.75, 3.05) is 13.7 Å². The number of halogens is 1. The van der Waals surface area contributed by atoms with E-state index in [1.165, 1.54) is 18.0 Å². The van der Waals surface area contributed by atoms with Crippen molar-refractivity contribution in [2.24, 2.45) is 0 Å². The molecule has 0 radical (unpaired) electrons. The third-order valence-electron chi connectivity index (χ3n) is 6.01. The van der Waals surface area contributed by atoms with Crippen LogP contribution in [0.15, 0.2) is 47.4 Å². The molecule has 0 unspecified atom stereocenters. The van der Waals surface area contributed by atoms with Crippen LogP contribution in [0, 0.1) is 0 Å². The summed E-state index contributed by atoms with van der Waals surface area (Å²) in [7, 11) is -2.61. The molecule has 3 aromatic rings. The zero-order valence-electron chi connectivity index (χ0n) is 18.5. The van der Waals surface area contributed by atoms with Gasteiger partial charge in [-0.2, -0.15) is 0 Å². The van der Waals surface area contributed by atoms with Crippen LogP contribution >= 0.6 is 11.6 Å². The quantitative estimate of drug-likeness (QED) is 0.491. The highest BCUT2D eigenvalue weighted by Crippen LogP contribution is 2.30. The molecule has 0 saturated heterocycles.